The minimum absolute atomic E-state index is 0.596. The molecule has 0 radical (unpaired) electrons. The van der Waals surface area contributed by atoms with Gasteiger partial charge < -0.3 is 10.1 Å². The number of methoxy groups -OCH3 is 1. The maximum Gasteiger partial charge on any atom is 0.163 e. The van der Waals surface area contributed by atoms with Gasteiger partial charge in [0.05, 0.1) is 18.3 Å². The van der Waals surface area contributed by atoms with Crippen LogP contribution >= 0.6 is 0 Å². The average Bonchev–Trinajstić information content (AvgIpc) is 3.20. The van der Waals surface area contributed by atoms with E-state index in [1.165, 1.54) is 0 Å². The number of hydrogen-bond acceptors (Lipinski definition) is 6. The fourth-order valence-corrected chi connectivity index (χ4v) is 3.41. The van der Waals surface area contributed by atoms with Crippen molar-refractivity contribution in [2.24, 2.45) is 7.05 Å². The van der Waals surface area contributed by atoms with Crippen LogP contribution in [0.25, 0.3) is 33.5 Å². The van der Waals surface area contributed by atoms with Crippen molar-refractivity contribution in [3.63, 3.8) is 0 Å². The topological polar surface area (TPSA) is 77.8 Å². The zero-order valence-electron chi connectivity index (χ0n) is 17.1. The Hall–Kier alpha value is -4.26. The van der Waals surface area contributed by atoms with E-state index in [2.05, 4.69) is 15.4 Å². The van der Waals surface area contributed by atoms with Crippen LogP contribution in [0.5, 0.6) is 5.75 Å². The Labute approximate surface area is 179 Å². The number of ether oxygens (including phenoxy) is 1. The Morgan fingerprint density at radius 2 is 1.74 bits per heavy atom. The lowest BCUT2D eigenvalue weighted by Gasteiger charge is -2.12. The first-order valence-electron chi connectivity index (χ1n) is 9.84. The molecule has 0 spiro atoms. The third-order valence-electron chi connectivity index (χ3n) is 5.02. The molecule has 152 valence electrons. The highest BCUT2D eigenvalue weighted by molar-refractivity contribution is 5.93. The molecule has 5 aromatic rings. The van der Waals surface area contributed by atoms with Gasteiger partial charge in [0, 0.05) is 42.0 Å². The smallest absolute Gasteiger partial charge is 0.163 e. The number of fused-ring (bicyclic) bond motifs is 1. The van der Waals surface area contributed by atoms with Gasteiger partial charge >= 0.3 is 0 Å². The molecular formula is C24H20N6O. The highest BCUT2D eigenvalue weighted by Crippen LogP contribution is 2.31. The number of rotatable bonds is 5. The average molecular weight is 408 g/mol. The van der Waals surface area contributed by atoms with E-state index in [0.29, 0.717) is 11.6 Å². The highest BCUT2D eigenvalue weighted by Gasteiger charge is 2.14. The molecule has 7 heteroatoms. The molecule has 0 fully saturated rings. The van der Waals surface area contributed by atoms with Gasteiger partial charge in [-0.3, -0.25) is 9.67 Å². The van der Waals surface area contributed by atoms with Crippen LogP contribution in [0.1, 0.15) is 0 Å². The van der Waals surface area contributed by atoms with Crippen molar-refractivity contribution in [1.29, 1.82) is 0 Å². The van der Waals surface area contributed by atoms with Gasteiger partial charge in [0.2, 0.25) is 0 Å². The number of anilines is 2. The quantitative estimate of drug-likeness (QED) is 0.448. The molecule has 0 saturated carbocycles. The summed E-state index contributed by atoms with van der Waals surface area (Å²) in [4.78, 5) is 13.7. The monoisotopic (exact) mass is 408 g/mol. The predicted molar refractivity (Wildman–Crippen MR) is 121 cm³/mol. The van der Waals surface area contributed by atoms with E-state index >= 15 is 0 Å². The zero-order chi connectivity index (χ0) is 21.2. The molecule has 0 aliphatic carbocycles. The zero-order valence-corrected chi connectivity index (χ0v) is 17.1. The largest absolute Gasteiger partial charge is 0.497 e. The summed E-state index contributed by atoms with van der Waals surface area (Å²) in [7, 11) is 3.55. The minimum atomic E-state index is 0.596. The first-order chi connectivity index (χ1) is 15.2. The molecule has 0 aliphatic rings. The molecule has 7 nitrogen and oxygen atoms in total. The number of benzene rings is 2. The standard InChI is InChI=1S/C24H20N6O/c1-30-22(14-21(29-30)16-7-4-3-5-8-16)27-24-19-13-18(31-2)10-11-20(19)26-23(28-24)17-9-6-12-25-15-17/h3-15H,1-2H3,(H,26,27,28). The lowest BCUT2D eigenvalue weighted by Crippen LogP contribution is -2.03. The molecule has 3 heterocycles. The maximum absolute atomic E-state index is 5.42. The Morgan fingerprint density at radius 3 is 2.52 bits per heavy atom. The van der Waals surface area contributed by atoms with E-state index in [-0.39, 0.29) is 0 Å². The summed E-state index contributed by atoms with van der Waals surface area (Å²) in [6, 6.07) is 21.6. The van der Waals surface area contributed by atoms with Gasteiger partial charge in [0.15, 0.2) is 5.82 Å². The molecule has 3 aromatic heterocycles. The third-order valence-corrected chi connectivity index (χ3v) is 5.02. The van der Waals surface area contributed by atoms with Crippen molar-refractivity contribution in [3.05, 3.63) is 79.1 Å². The lowest BCUT2D eigenvalue weighted by atomic mass is 10.1. The molecule has 0 unspecified atom stereocenters. The summed E-state index contributed by atoms with van der Waals surface area (Å²) in [5.74, 6) is 2.83. The number of aryl methyl sites for hydroxylation is 1. The molecule has 1 N–H and O–H groups in total. The van der Waals surface area contributed by atoms with Crippen molar-refractivity contribution in [1.82, 2.24) is 24.7 Å². The van der Waals surface area contributed by atoms with Crippen molar-refractivity contribution < 1.29 is 4.74 Å². The second-order valence-corrected chi connectivity index (χ2v) is 7.05. The van der Waals surface area contributed by atoms with Crippen LogP contribution in [0, 0.1) is 0 Å². The van der Waals surface area contributed by atoms with E-state index in [0.717, 1.165) is 39.3 Å². The van der Waals surface area contributed by atoms with Crippen molar-refractivity contribution >= 4 is 22.5 Å². The molecule has 0 aliphatic heterocycles. The van der Waals surface area contributed by atoms with E-state index in [1.807, 2.05) is 73.8 Å². The van der Waals surface area contributed by atoms with Gasteiger partial charge in [0.1, 0.15) is 17.4 Å². The molecule has 0 bridgehead atoms. The number of hydrogen-bond donors (Lipinski definition) is 1. The Balaban J connectivity index is 1.62. The van der Waals surface area contributed by atoms with Gasteiger partial charge in [-0.15, -0.1) is 0 Å². The Kier molecular flexibility index (Phi) is 4.76. The number of pyridine rings is 1. The summed E-state index contributed by atoms with van der Waals surface area (Å²) in [6.07, 6.45) is 3.49. The van der Waals surface area contributed by atoms with E-state index < -0.39 is 0 Å². The van der Waals surface area contributed by atoms with Crippen LogP contribution in [0.2, 0.25) is 0 Å². The third kappa shape index (κ3) is 3.69. The molecular weight excluding hydrogens is 388 g/mol. The molecule has 2 aromatic carbocycles. The Bertz CT molecular complexity index is 1350. The van der Waals surface area contributed by atoms with Crippen LogP contribution in [-0.2, 0) is 7.05 Å². The van der Waals surface area contributed by atoms with Crippen LogP contribution in [0.15, 0.2) is 79.1 Å². The van der Waals surface area contributed by atoms with Crippen LogP contribution in [-0.4, -0.2) is 31.8 Å². The van der Waals surface area contributed by atoms with Gasteiger partial charge in [-0.2, -0.15) is 5.10 Å². The molecule has 31 heavy (non-hydrogen) atoms. The summed E-state index contributed by atoms with van der Waals surface area (Å²) in [5, 5.41) is 8.94. The normalized spacial score (nSPS) is 10.9. The summed E-state index contributed by atoms with van der Waals surface area (Å²) < 4.78 is 7.22. The van der Waals surface area contributed by atoms with Crippen molar-refractivity contribution in [2.45, 2.75) is 0 Å². The number of nitrogens with one attached hydrogen (secondary N) is 1. The lowest BCUT2D eigenvalue weighted by molar-refractivity contribution is 0.415. The second-order valence-electron chi connectivity index (χ2n) is 7.05. The number of nitrogens with zero attached hydrogens (tertiary/aromatic N) is 5. The van der Waals surface area contributed by atoms with Crippen molar-refractivity contribution in [2.75, 3.05) is 12.4 Å². The van der Waals surface area contributed by atoms with Gasteiger partial charge in [0.25, 0.3) is 0 Å². The Morgan fingerprint density at radius 1 is 0.903 bits per heavy atom. The molecule has 0 atom stereocenters. The van der Waals surface area contributed by atoms with Crippen LogP contribution in [0.4, 0.5) is 11.6 Å². The van der Waals surface area contributed by atoms with Crippen LogP contribution in [0.3, 0.4) is 0 Å². The fourth-order valence-electron chi connectivity index (χ4n) is 3.41. The van der Waals surface area contributed by atoms with E-state index in [4.69, 9.17) is 14.7 Å². The van der Waals surface area contributed by atoms with Crippen LogP contribution < -0.4 is 10.1 Å². The summed E-state index contributed by atoms with van der Waals surface area (Å²) in [6.45, 7) is 0. The van der Waals surface area contributed by atoms with Gasteiger partial charge in [-0.25, -0.2) is 9.97 Å². The van der Waals surface area contributed by atoms with Gasteiger partial charge in [-0.05, 0) is 30.3 Å². The first-order valence-corrected chi connectivity index (χ1v) is 9.84. The molecule has 5 rings (SSSR count). The first kappa shape index (κ1) is 18.7. The maximum atomic E-state index is 5.42. The summed E-state index contributed by atoms with van der Waals surface area (Å²) >= 11 is 0. The minimum Gasteiger partial charge on any atom is -0.497 e. The van der Waals surface area contributed by atoms with E-state index in [9.17, 15) is 0 Å². The fraction of sp³-hybridized carbons (Fsp3) is 0.0833. The summed E-state index contributed by atoms with van der Waals surface area (Å²) in [5.41, 5.74) is 3.59. The van der Waals surface area contributed by atoms with E-state index in [1.54, 1.807) is 24.2 Å². The van der Waals surface area contributed by atoms with Crippen molar-refractivity contribution in [3.8, 4) is 28.4 Å². The molecule has 0 amide bonds. The second kappa shape index (κ2) is 7.87. The molecule has 0 saturated heterocycles. The highest BCUT2D eigenvalue weighted by atomic mass is 16.5. The predicted octanol–water partition coefficient (Wildman–Crippen LogP) is 4.84. The van der Waals surface area contributed by atoms with Gasteiger partial charge in [-0.1, -0.05) is 30.3 Å². The number of aromatic nitrogens is 5. The SMILES string of the molecule is COc1ccc2nc(-c3cccnc3)nc(Nc3cc(-c4ccccc4)nn3C)c2c1.